The van der Waals surface area contributed by atoms with Crippen LogP contribution >= 0.6 is 0 Å². The van der Waals surface area contributed by atoms with Gasteiger partial charge in [0, 0.05) is 36.3 Å². The number of piperidine rings is 1. The number of carbonyl (C=O) groups is 1. The zero-order valence-electron chi connectivity index (χ0n) is 12.8. The summed E-state index contributed by atoms with van der Waals surface area (Å²) in [7, 11) is 0. The maximum absolute atomic E-state index is 13.0. The minimum Gasteiger partial charge on any atom is -0.332 e. The SMILES string of the molecule is Cc1cccnc1C(=O)N1C[C@@H]2C[C@@]3(C)[C@H](CCC[C@@H]13)N2. The molecule has 1 aromatic rings. The van der Waals surface area contributed by atoms with Crippen molar-refractivity contribution in [2.75, 3.05) is 6.54 Å². The van der Waals surface area contributed by atoms with Crippen molar-refractivity contribution in [2.24, 2.45) is 5.41 Å². The Hall–Kier alpha value is -1.42. The van der Waals surface area contributed by atoms with Crippen LogP contribution in [0.5, 0.6) is 0 Å². The van der Waals surface area contributed by atoms with Crippen molar-refractivity contribution in [1.29, 1.82) is 0 Å². The number of pyridine rings is 1. The van der Waals surface area contributed by atoms with E-state index in [-0.39, 0.29) is 11.3 Å². The fourth-order valence-electron chi connectivity index (χ4n) is 4.90. The van der Waals surface area contributed by atoms with Gasteiger partial charge in [0.2, 0.25) is 0 Å². The Kier molecular flexibility index (Phi) is 2.86. The predicted molar refractivity (Wildman–Crippen MR) is 81.1 cm³/mol. The van der Waals surface area contributed by atoms with E-state index in [4.69, 9.17) is 0 Å². The topological polar surface area (TPSA) is 45.2 Å². The maximum atomic E-state index is 13.0. The van der Waals surface area contributed by atoms with E-state index in [0.717, 1.165) is 18.5 Å². The number of rotatable bonds is 1. The van der Waals surface area contributed by atoms with Crippen molar-refractivity contribution < 1.29 is 4.79 Å². The highest BCUT2D eigenvalue weighted by atomic mass is 16.2. The zero-order chi connectivity index (χ0) is 14.6. The van der Waals surface area contributed by atoms with Gasteiger partial charge in [-0.25, -0.2) is 0 Å². The fourth-order valence-corrected chi connectivity index (χ4v) is 4.90. The van der Waals surface area contributed by atoms with Crippen molar-refractivity contribution >= 4 is 5.91 Å². The number of amides is 1. The molecule has 0 radical (unpaired) electrons. The Morgan fingerprint density at radius 2 is 2.33 bits per heavy atom. The van der Waals surface area contributed by atoms with E-state index < -0.39 is 0 Å². The van der Waals surface area contributed by atoms with Gasteiger partial charge in [0.05, 0.1) is 0 Å². The number of fused-ring (bicyclic) bond motifs is 1. The van der Waals surface area contributed by atoms with Crippen molar-refractivity contribution in [3.05, 3.63) is 29.6 Å². The summed E-state index contributed by atoms with van der Waals surface area (Å²) >= 11 is 0. The van der Waals surface area contributed by atoms with Gasteiger partial charge in [0.1, 0.15) is 5.69 Å². The Bertz CT molecular complexity index is 587. The van der Waals surface area contributed by atoms with Gasteiger partial charge < -0.3 is 10.2 Å². The maximum Gasteiger partial charge on any atom is 0.273 e. The second-order valence-corrected chi connectivity index (χ2v) is 7.20. The zero-order valence-corrected chi connectivity index (χ0v) is 12.8. The third kappa shape index (κ3) is 1.85. The summed E-state index contributed by atoms with van der Waals surface area (Å²) in [5.41, 5.74) is 1.86. The first-order valence-electron chi connectivity index (χ1n) is 8.08. The summed E-state index contributed by atoms with van der Waals surface area (Å²) in [6, 6.07) is 5.29. The van der Waals surface area contributed by atoms with Crippen molar-refractivity contribution in [2.45, 2.75) is 57.7 Å². The summed E-state index contributed by atoms with van der Waals surface area (Å²) in [6.07, 6.45) is 6.55. The first-order valence-corrected chi connectivity index (χ1v) is 8.08. The number of nitrogens with one attached hydrogen (secondary N) is 1. The molecule has 1 saturated carbocycles. The third-order valence-corrected chi connectivity index (χ3v) is 5.92. The Labute approximate surface area is 125 Å². The normalized spacial score (nSPS) is 37.6. The molecule has 4 nitrogen and oxygen atoms in total. The van der Waals surface area contributed by atoms with E-state index in [1.807, 2.05) is 19.1 Å². The number of aromatic nitrogens is 1. The molecule has 1 amide bonds. The van der Waals surface area contributed by atoms with Gasteiger partial charge in [-0.3, -0.25) is 9.78 Å². The second kappa shape index (κ2) is 4.54. The number of hydrogen-bond donors (Lipinski definition) is 1. The highest BCUT2D eigenvalue weighted by molar-refractivity contribution is 5.94. The van der Waals surface area contributed by atoms with Crippen LogP contribution in [-0.4, -0.2) is 40.5 Å². The number of likely N-dealkylation sites (tertiary alicyclic amines) is 1. The molecule has 2 aliphatic heterocycles. The molecule has 2 saturated heterocycles. The number of carbonyl (C=O) groups excluding carboxylic acids is 1. The molecule has 0 spiro atoms. The molecule has 1 N–H and O–H groups in total. The standard InChI is InChI=1S/C17H23N3O/c1-11-5-4-8-18-15(11)16(21)20-10-12-9-17(2)13(19-12)6-3-7-14(17)20/h4-5,8,12-14,19H,3,6-7,9-10H2,1-2H3/t12-,13-,14+,17-/m0/s1. The van der Waals surface area contributed by atoms with Crippen LogP contribution in [0.4, 0.5) is 0 Å². The molecule has 3 fully saturated rings. The van der Waals surface area contributed by atoms with Crippen LogP contribution in [0.25, 0.3) is 0 Å². The fraction of sp³-hybridized carbons (Fsp3) is 0.647. The minimum absolute atomic E-state index is 0.123. The van der Waals surface area contributed by atoms with Crippen molar-refractivity contribution in [1.82, 2.24) is 15.2 Å². The van der Waals surface area contributed by atoms with Crippen LogP contribution in [-0.2, 0) is 0 Å². The van der Waals surface area contributed by atoms with Crippen molar-refractivity contribution in [3.8, 4) is 0 Å². The number of aryl methyl sites for hydroxylation is 1. The van der Waals surface area contributed by atoms with Crippen LogP contribution in [0, 0.1) is 12.3 Å². The second-order valence-electron chi connectivity index (χ2n) is 7.20. The number of hydrogen-bond acceptors (Lipinski definition) is 3. The molecule has 4 rings (SSSR count). The van der Waals surface area contributed by atoms with Gasteiger partial charge in [-0.15, -0.1) is 0 Å². The van der Waals surface area contributed by atoms with Crippen LogP contribution < -0.4 is 5.32 Å². The van der Waals surface area contributed by atoms with Gasteiger partial charge >= 0.3 is 0 Å². The molecule has 21 heavy (non-hydrogen) atoms. The summed E-state index contributed by atoms with van der Waals surface area (Å²) in [5.74, 6) is 0.123. The highest BCUT2D eigenvalue weighted by Gasteiger charge is 2.56. The van der Waals surface area contributed by atoms with E-state index >= 15 is 0 Å². The third-order valence-electron chi connectivity index (χ3n) is 5.92. The van der Waals surface area contributed by atoms with Crippen LogP contribution in [0.2, 0.25) is 0 Å². The molecule has 3 aliphatic rings. The summed E-state index contributed by atoms with van der Waals surface area (Å²) in [6.45, 7) is 5.19. The minimum atomic E-state index is 0.123. The smallest absolute Gasteiger partial charge is 0.273 e. The van der Waals surface area contributed by atoms with Gasteiger partial charge in [0.15, 0.2) is 0 Å². The predicted octanol–water partition coefficient (Wildman–Crippen LogP) is 2.14. The largest absolute Gasteiger partial charge is 0.332 e. The van der Waals surface area contributed by atoms with Gasteiger partial charge in [-0.05, 0) is 44.2 Å². The summed E-state index contributed by atoms with van der Waals surface area (Å²) < 4.78 is 0. The monoisotopic (exact) mass is 285 g/mol. The van der Waals surface area contributed by atoms with E-state index in [1.54, 1.807) is 6.20 Å². The summed E-state index contributed by atoms with van der Waals surface area (Å²) in [5, 5.41) is 3.76. The molecule has 2 bridgehead atoms. The molecule has 112 valence electrons. The molecule has 1 aliphatic carbocycles. The molecule has 4 heteroatoms. The lowest BCUT2D eigenvalue weighted by Crippen LogP contribution is -2.57. The lowest BCUT2D eigenvalue weighted by Gasteiger charge is -2.50. The average Bonchev–Trinajstić information content (AvgIpc) is 2.80. The van der Waals surface area contributed by atoms with E-state index in [0.29, 0.717) is 23.8 Å². The van der Waals surface area contributed by atoms with E-state index in [2.05, 4.69) is 22.1 Å². The quantitative estimate of drug-likeness (QED) is 0.860. The average molecular weight is 285 g/mol. The lowest BCUT2D eigenvalue weighted by molar-refractivity contribution is 0.0126. The lowest BCUT2D eigenvalue weighted by atomic mass is 9.66. The van der Waals surface area contributed by atoms with Gasteiger partial charge in [-0.1, -0.05) is 13.0 Å². The van der Waals surface area contributed by atoms with E-state index in [1.165, 1.54) is 19.3 Å². The molecular weight excluding hydrogens is 262 g/mol. The highest BCUT2D eigenvalue weighted by Crippen LogP contribution is 2.50. The molecule has 3 heterocycles. The Morgan fingerprint density at radius 3 is 3.14 bits per heavy atom. The van der Waals surface area contributed by atoms with Crippen LogP contribution in [0.3, 0.4) is 0 Å². The van der Waals surface area contributed by atoms with Crippen molar-refractivity contribution in [3.63, 3.8) is 0 Å². The molecule has 0 aromatic carbocycles. The molecule has 1 aromatic heterocycles. The Morgan fingerprint density at radius 1 is 1.48 bits per heavy atom. The Balaban J connectivity index is 1.70. The van der Waals surface area contributed by atoms with Crippen LogP contribution in [0.15, 0.2) is 18.3 Å². The first kappa shape index (κ1) is 13.3. The number of nitrogens with zero attached hydrogens (tertiary/aromatic N) is 2. The molecular formula is C17H23N3O. The first-order chi connectivity index (χ1) is 10.1. The van der Waals surface area contributed by atoms with Crippen LogP contribution in [0.1, 0.15) is 48.7 Å². The van der Waals surface area contributed by atoms with Gasteiger partial charge in [0.25, 0.3) is 5.91 Å². The van der Waals surface area contributed by atoms with Gasteiger partial charge in [-0.2, -0.15) is 0 Å². The van der Waals surface area contributed by atoms with E-state index in [9.17, 15) is 4.79 Å². The molecule has 4 atom stereocenters. The summed E-state index contributed by atoms with van der Waals surface area (Å²) in [4.78, 5) is 19.5. The molecule has 0 unspecified atom stereocenters.